The molecule has 7 heteroatoms. The van der Waals surface area contributed by atoms with Gasteiger partial charge in [0.05, 0.1) is 5.69 Å². The van der Waals surface area contributed by atoms with E-state index in [1.807, 2.05) is 36.2 Å². The fourth-order valence-corrected chi connectivity index (χ4v) is 4.38. The lowest BCUT2D eigenvalue weighted by Crippen LogP contribution is -2.48. The summed E-state index contributed by atoms with van der Waals surface area (Å²) < 4.78 is 0. The number of hydrogen-bond acceptors (Lipinski definition) is 6. The summed E-state index contributed by atoms with van der Waals surface area (Å²) in [6.45, 7) is 3.85. The van der Waals surface area contributed by atoms with Crippen molar-refractivity contribution >= 4 is 11.7 Å². The molecule has 7 nitrogen and oxygen atoms in total. The zero-order valence-electron chi connectivity index (χ0n) is 17.4. The average Bonchev–Trinajstić information content (AvgIpc) is 2.79. The molecule has 0 saturated carbocycles. The molecule has 2 aromatic heterocycles. The fourth-order valence-electron chi connectivity index (χ4n) is 4.38. The van der Waals surface area contributed by atoms with Crippen LogP contribution in [0.2, 0.25) is 0 Å². The Morgan fingerprint density at radius 3 is 2.28 bits per heavy atom. The summed E-state index contributed by atoms with van der Waals surface area (Å²) in [6, 6.07) is 8.28. The Hall–Kier alpha value is -2.54. The van der Waals surface area contributed by atoms with Crippen molar-refractivity contribution in [1.29, 1.82) is 0 Å². The zero-order valence-corrected chi connectivity index (χ0v) is 17.4. The lowest BCUT2D eigenvalue weighted by atomic mass is 9.93. The largest absolute Gasteiger partial charge is 0.355 e. The molecule has 0 atom stereocenters. The molecule has 2 aliphatic rings. The lowest BCUT2D eigenvalue weighted by Gasteiger charge is -2.38. The molecule has 4 rings (SSSR count). The number of hydrogen-bond donors (Lipinski definition) is 0. The molecule has 2 aromatic rings. The van der Waals surface area contributed by atoms with Crippen LogP contribution >= 0.6 is 0 Å². The maximum absolute atomic E-state index is 13.0. The summed E-state index contributed by atoms with van der Waals surface area (Å²) in [6.07, 6.45) is 7.44. The maximum atomic E-state index is 13.0. The Morgan fingerprint density at radius 1 is 0.966 bits per heavy atom. The predicted octanol–water partition coefficient (Wildman–Crippen LogP) is 2.31. The summed E-state index contributed by atoms with van der Waals surface area (Å²) in [5.41, 5.74) is 1.86. The number of likely N-dealkylation sites (tertiary alicyclic amines) is 1. The lowest BCUT2D eigenvalue weighted by molar-refractivity contribution is -0.137. The van der Waals surface area contributed by atoms with Crippen LogP contribution < -0.4 is 4.90 Å². The first-order chi connectivity index (χ1) is 14.1. The van der Waals surface area contributed by atoms with E-state index >= 15 is 0 Å². The second kappa shape index (κ2) is 8.86. The van der Waals surface area contributed by atoms with E-state index < -0.39 is 0 Å². The van der Waals surface area contributed by atoms with Crippen LogP contribution in [0.25, 0.3) is 11.3 Å². The Balaban J connectivity index is 1.31. The van der Waals surface area contributed by atoms with Gasteiger partial charge >= 0.3 is 0 Å². The zero-order chi connectivity index (χ0) is 20.2. The molecule has 0 bridgehead atoms. The summed E-state index contributed by atoms with van der Waals surface area (Å²) in [4.78, 5) is 23.6. The first kappa shape index (κ1) is 19.8. The molecule has 2 saturated heterocycles. The molecule has 1 amide bonds. The van der Waals surface area contributed by atoms with E-state index in [1.54, 1.807) is 12.4 Å². The Kier molecular flexibility index (Phi) is 6.04. The van der Waals surface area contributed by atoms with Gasteiger partial charge in [0.25, 0.3) is 0 Å². The highest BCUT2D eigenvalue weighted by Crippen LogP contribution is 2.26. The van der Waals surface area contributed by atoms with Gasteiger partial charge in [0.15, 0.2) is 5.82 Å². The van der Waals surface area contributed by atoms with E-state index in [2.05, 4.69) is 32.0 Å². The van der Waals surface area contributed by atoms with Crippen molar-refractivity contribution in [2.24, 2.45) is 5.92 Å². The highest BCUT2D eigenvalue weighted by atomic mass is 16.2. The van der Waals surface area contributed by atoms with Crippen LogP contribution in [0.3, 0.4) is 0 Å². The van der Waals surface area contributed by atoms with Gasteiger partial charge in [-0.15, -0.1) is 10.2 Å². The van der Waals surface area contributed by atoms with Gasteiger partial charge in [-0.3, -0.25) is 9.78 Å². The quantitative estimate of drug-likeness (QED) is 0.793. The molecule has 29 heavy (non-hydrogen) atoms. The topological polar surface area (TPSA) is 65.5 Å². The van der Waals surface area contributed by atoms with Crippen molar-refractivity contribution in [1.82, 2.24) is 25.0 Å². The average molecular weight is 395 g/mol. The van der Waals surface area contributed by atoms with Crippen molar-refractivity contribution in [3.63, 3.8) is 0 Å². The second-order valence-electron chi connectivity index (χ2n) is 8.26. The van der Waals surface area contributed by atoms with E-state index in [4.69, 9.17) is 0 Å². The molecule has 0 spiro atoms. The van der Waals surface area contributed by atoms with Crippen molar-refractivity contribution < 1.29 is 4.79 Å². The van der Waals surface area contributed by atoms with Gasteiger partial charge in [-0.2, -0.15) is 0 Å². The van der Waals surface area contributed by atoms with Crippen LogP contribution in [0.5, 0.6) is 0 Å². The van der Waals surface area contributed by atoms with Gasteiger partial charge < -0.3 is 14.7 Å². The third-order valence-electron chi connectivity index (χ3n) is 6.38. The number of carbonyl (C=O) groups is 1. The number of piperidine rings is 2. The van der Waals surface area contributed by atoms with Crippen LogP contribution in [-0.2, 0) is 4.79 Å². The normalized spacial score (nSPS) is 19.3. The monoisotopic (exact) mass is 394 g/mol. The third-order valence-corrected chi connectivity index (χ3v) is 6.38. The fraction of sp³-hybridized carbons (Fsp3) is 0.545. The first-order valence-corrected chi connectivity index (χ1v) is 10.6. The predicted molar refractivity (Wildman–Crippen MR) is 113 cm³/mol. The number of aromatic nitrogens is 3. The number of carbonyl (C=O) groups excluding carboxylic acids is 1. The second-order valence-corrected chi connectivity index (χ2v) is 8.26. The molecule has 0 N–H and O–H groups in total. The minimum atomic E-state index is 0.125. The Labute approximate surface area is 172 Å². The number of amides is 1. The van der Waals surface area contributed by atoms with Crippen molar-refractivity contribution in [3.05, 3.63) is 36.7 Å². The van der Waals surface area contributed by atoms with Crippen LogP contribution in [-0.4, -0.2) is 77.2 Å². The molecule has 0 aliphatic carbocycles. The Morgan fingerprint density at radius 2 is 1.66 bits per heavy atom. The highest BCUT2D eigenvalue weighted by Gasteiger charge is 2.31. The van der Waals surface area contributed by atoms with Crippen molar-refractivity contribution in [3.8, 4) is 11.3 Å². The number of pyridine rings is 1. The first-order valence-electron chi connectivity index (χ1n) is 10.6. The highest BCUT2D eigenvalue weighted by molar-refractivity contribution is 5.79. The molecular formula is C22H30N6O. The molecule has 0 radical (unpaired) electrons. The summed E-state index contributed by atoms with van der Waals surface area (Å²) in [5.74, 6) is 1.33. The van der Waals surface area contributed by atoms with Crippen molar-refractivity contribution in [2.75, 3.05) is 45.2 Å². The molecule has 4 heterocycles. The standard InChI is InChI=1S/C22H30N6O/c1-26-13-9-19(10-14-26)27(2)22(29)18-7-15-28(16-8-18)21-4-3-20(24-25-21)17-5-11-23-12-6-17/h3-6,11-12,18-19H,7-10,13-16H2,1-2H3. The van der Waals surface area contributed by atoms with Gasteiger partial charge in [0, 0.05) is 50.1 Å². The van der Waals surface area contributed by atoms with Crippen LogP contribution in [0.1, 0.15) is 25.7 Å². The SMILES string of the molecule is CN1CCC(N(C)C(=O)C2CCN(c3ccc(-c4ccncc4)nn3)CC2)CC1. The van der Waals surface area contributed by atoms with Gasteiger partial charge in [0.1, 0.15) is 0 Å². The van der Waals surface area contributed by atoms with E-state index in [-0.39, 0.29) is 5.92 Å². The molecule has 2 aliphatic heterocycles. The minimum absolute atomic E-state index is 0.125. The summed E-state index contributed by atoms with van der Waals surface area (Å²) >= 11 is 0. The van der Waals surface area contributed by atoms with Gasteiger partial charge in [0.2, 0.25) is 5.91 Å². The smallest absolute Gasteiger partial charge is 0.225 e. The van der Waals surface area contributed by atoms with Crippen molar-refractivity contribution in [2.45, 2.75) is 31.7 Å². The Bertz CT molecular complexity index is 796. The van der Waals surface area contributed by atoms with E-state index in [0.717, 1.165) is 68.9 Å². The summed E-state index contributed by atoms with van der Waals surface area (Å²) in [5, 5.41) is 8.79. The van der Waals surface area contributed by atoms with Gasteiger partial charge in [-0.1, -0.05) is 0 Å². The molecular weight excluding hydrogens is 364 g/mol. The molecule has 0 aromatic carbocycles. The number of anilines is 1. The van der Waals surface area contributed by atoms with Crippen LogP contribution in [0, 0.1) is 5.92 Å². The number of rotatable bonds is 4. The van der Waals surface area contributed by atoms with E-state index in [0.29, 0.717) is 11.9 Å². The van der Waals surface area contributed by atoms with Gasteiger partial charge in [-0.05, 0) is 70.1 Å². The molecule has 154 valence electrons. The minimum Gasteiger partial charge on any atom is -0.355 e. The van der Waals surface area contributed by atoms with E-state index in [9.17, 15) is 4.79 Å². The maximum Gasteiger partial charge on any atom is 0.225 e. The molecule has 0 unspecified atom stereocenters. The van der Waals surface area contributed by atoms with Crippen LogP contribution in [0.15, 0.2) is 36.7 Å². The van der Waals surface area contributed by atoms with E-state index in [1.165, 1.54) is 0 Å². The molecule has 2 fully saturated rings. The summed E-state index contributed by atoms with van der Waals surface area (Å²) in [7, 11) is 4.15. The van der Waals surface area contributed by atoms with Crippen LogP contribution in [0.4, 0.5) is 5.82 Å². The number of nitrogens with zero attached hydrogens (tertiary/aromatic N) is 6. The third kappa shape index (κ3) is 4.56. The van der Waals surface area contributed by atoms with Gasteiger partial charge in [-0.25, -0.2) is 0 Å².